The van der Waals surface area contributed by atoms with Crippen LogP contribution in [0.15, 0.2) is 218 Å². The highest BCUT2D eigenvalue weighted by molar-refractivity contribution is 7.04. The molecule has 0 spiro atoms. The van der Waals surface area contributed by atoms with E-state index in [4.69, 9.17) is 19.9 Å². The minimum absolute atomic E-state index is 0.706. The molecule has 0 fully saturated rings. The number of nitrogens with zero attached hydrogens (tertiary/aromatic N) is 4. The zero-order valence-corrected chi connectivity index (χ0v) is 36.1. The molecule has 1 aliphatic rings. The van der Waals surface area contributed by atoms with E-state index in [2.05, 4.69) is 195 Å². The lowest BCUT2D eigenvalue weighted by molar-refractivity contribution is 1.18. The van der Waals surface area contributed by atoms with Crippen molar-refractivity contribution in [3.05, 3.63) is 218 Å². The maximum Gasteiger partial charge on any atom is 0.160 e. The van der Waals surface area contributed by atoms with Gasteiger partial charge in [0.25, 0.3) is 0 Å². The van der Waals surface area contributed by atoms with Crippen LogP contribution in [0.4, 0.5) is 0 Å². The molecule has 0 atom stereocenters. The Kier molecular flexibility index (Phi) is 9.60. The van der Waals surface area contributed by atoms with Gasteiger partial charge in [0, 0.05) is 27.8 Å². The van der Waals surface area contributed by atoms with Crippen LogP contribution in [0, 0.1) is 0 Å². The summed E-state index contributed by atoms with van der Waals surface area (Å²) in [5.74, 6) is 1.45. The van der Waals surface area contributed by atoms with Gasteiger partial charge in [0.05, 0.1) is 22.8 Å². The van der Waals surface area contributed by atoms with Crippen LogP contribution in [-0.4, -0.2) is 28.0 Å². The zero-order valence-electron chi connectivity index (χ0n) is 35.1. The monoisotopic (exact) mass is 822 g/mol. The Labute approximate surface area is 369 Å². The summed E-state index contributed by atoms with van der Waals surface area (Å²) in [6.07, 6.45) is 0. The highest BCUT2D eigenvalue weighted by atomic mass is 28.3. The normalized spacial score (nSPS) is 12.4. The molecule has 1 aliphatic heterocycles. The standard InChI is InChI=1S/C58H42N4Si/c1-63(2)53-33-13-12-32-50(53)55-56(63)54(40-20-8-4-9-21-40)61-58(62-55)49-31-17-29-47(37-49)45-27-15-25-43(35-45)42-24-14-26-44(34-42)46-28-16-30-48(36-46)52-38-51(39-18-6-3-7-19-39)59-57(60-52)41-22-10-5-11-23-41/h3-38H,1-2H3. The Morgan fingerprint density at radius 2 is 0.667 bits per heavy atom. The molecular weight excluding hydrogens is 781 g/mol. The highest BCUT2D eigenvalue weighted by Gasteiger charge is 2.41. The average molecular weight is 823 g/mol. The number of hydrogen-bond acceptors (Lipinski definition) is 4. The predicted molar refractivity (Wildman–Crippen MR) is 263 cm³/mol. The molecule has 0 bridgehead atoms. The summed E-state index contributed by atoms with van der Waals surface area (Å²) in [5, 5.41) is 2.74. The molecule has 10 aromatic rings. The lowest BCUT2D eigenvalue weighted by Crippen LogP contribution is -2.50. The van der Waals surface area contributed by atoms with Gasteiger partial charge in [-0.2, -0.15) is 0 Å². The third-order valence-corrected chi connectivity index (χ3v) is 15.8. The topological polar surface area (TPSA) is 51.6 Å². The number of hydrogen-bond donors (Lipinski definition) is 0. The molecule has 0 amide bonds. The molecule has 5 heteroatoms. The molecule has 63 heavy (non-hydrogen) atoms. The van der Waals surface area contributed by atoms with E-state index in [0.29, 0.717) is 5.82 Å². The Morgan fingerprint density at radius 3 is 1.24 bits per heavy atom. The molecule has 11 rings (SSSR count). The van der Waals surface area contributed by atoms with Crippen LogP contribution in [-0.2, 0) is 0 Å². The van der Waals surface area contributed by atoms with Crippen LogP contribution in [0.3, 0.4) is 0 Å². The summed E-state index contributed by atoms with van der Waals surface area (Å²) in [5.41, 5.74) is 17.2. The van der Waals surface area contributed by atoms with Crippen molar-refractivity contribution in [2.75, 3.05) is 0 Å². The van der Waals surface area contributed by atoms with Crippen LogP contribution in [0.2, 0.25) is 13.1 Å². The maximum absolute atomic E-state index is 5.38. The molecule has 8 aromatic carbocycles. The van der Waals surface area contributed by atoms with Crippen molar-refractivity contribution in [2.24, 2.45) is 0 Å². The molecule has 2 aromatic heterocycles. The van der Waals surface area contributed by atoms with Gasteiger partial charge >= 0.3 is 0 Å². The quantitative estimate of drug-likeness (QED) is 0.143. The van der Waals surface area contributed by atoms with Crippen LogP contribution < -0.4 is 10.4 Å². The van der Waals surface area contributed by atoms with Gasteiger partial charge in [-0.15, -0.1) is 0 Å². The second kappa shape index (κ2) is 15.9. The first-order valence-corrected chi connectivity index (χ1v) is 24.5. The van der Waals surface area contributed by atoms with Gasteiger partial charge < -0.3 is 0 Å². The molecule has 3 heterocycles. The van der Waals surface area contributed by atoms with Gasteiger partial charge in [0.1, 0.15) is 8.07 Å². The molecule has 298 valence electrons. The summed E-state index contributed by atoms with van der Waals surface area (Å²) in [4.78, 5) is 20.8. The first-order valence-electron chi connectivity index (χ1n) is 21.5. The van der Waals surface area contributed by atoms with E-state index in [1.807, 2.05) is 36.4 Å². The summed E-state index contributed by atoms with van der Waals surface area (Å²) < 4.78 is 0. The summed E-state index contributed by atoms with van der Waals surface area (Å²) in [6, 6.07) is 77.0. The van der Waals surface area contributed by atoms with E-state index in [0.717, 1.165) is 89.8 Å². The van der Waals surface area contributed by atoms with Crippen molar-refractivity contribution in [2.45, 2.75) is 13.1 Å². The first-order chi connectivity index (χ1) is 31.0. The Bertz CT molecular complexity index is 3250. The molecular formula is C58H42N4Si. The van der Waals surface area contributed by atoms with Crippen molar-refractivity contribution in [1.29, 1.82) is 0 Å². The Balaban J connectivity index is 0.934. The summed E-state index contributed by atoms with van der Waals surface area (Å²) >= 11 is 0. The van der Waals surface area contributed by atoms with Crippen LogP contribution in [0.25, 0.3) is 101 Å². The minimum atomic E-state index is -2.04. The Morgan fingerprint density at radius 1 is 0.286 bits per heavy atom. The average Bonchev–Trinajstić information content (AvgIpc) is 3.60. The van der Waals surface area contributed by atoms with Gasteiger partial charge in [-0.05, 0) is 79.6 Å². The fraction of sp³-hybridized carbons (Fsp3) is 0.0345. The molecule has 0 N–H and O–H groups in total. The van der Waals surface area contributed by atoms with E-state index < -0.39 is 8.07 Å². The fourth-order valence-corrected chi connectivity index (χ4v) is 12.3. The van der Waals surface area contributed by atoms with Crippen LogP contribution in [0.5, 0.6) is 0 Å². The summed E-state index contributed by atoms with van der Waals surface area (Å²) in [6.45, 7) is 4.85. The number of benzene rings is 8. The molecule has 0 saturated heterocycles. The van der Waals surface area contributed by atoms with E-state index in [1.165, 1.54) is 15.9 Å². The molecule has 4 nitrogen and oxygen atoms in total. The van der Waals surface area contributed by atoms with Crippen LogP contribution in [0.1, 0.15) is 0 Å². The second-order valence-electron chi connectivity index (χ2n) is 16.7. The lowest BCUT2D eigenvalue weighted by atomic mass is 9.95. The Hall–Kier alpha value is -7.86. The van der Waals surface area contributed by atoms with Gasteiger partial charge in [-0.3, -0.25) is 0 Å². The van der Waals surface area contributed by atoms with E-state index in [-0.39, 0.29) is 0 Å². The number of fused-ring (bicyclic) bond motifs is 3. The zero-order chi connectivity index (χ0) is 42.3. The van der Waals surface area contributed by atoms with E-state index >= 15 is 0 Å². The smallest absolute Gasteiger partial charge is 0.160 e. The van der Waals surface area contributed by atoms with E-state index in [9.17, 15) is 0 Å². The molecule has 0 radical (unpaired) electrons. The third kappa shape index (κ3) is 7.18. The first kappa shape index (κ1) is 38.1. The lowest BCUT2D eigenvalue weighted by Gasteiger charge is -2.21. The van der Waals surface area contributed by atoms with Crippen molar-refractivity contribution in [1.82, 2.24) is 19.9 Å². The van der Waals surface area contributed by atoms with Crippen molar-refractivity contribution in [3.8, 4) is 101 Å². The predicted octanol–water partition coefficient (Wildman–Crippen LogP) is 13.4. The largest absolute Gasteiger partial charge is 0.228 e. The SMILES string of the molecule is C[Si]1(C)c2ccccc2-c2nc(-c3cccc(-c4cccc(-c5cccc(-c6cccc(-c7cc(-c8ccccc8)nc(-c8ccccc8)n7)c6)c5)c4)c3)nc(-c3ccccc3)c21. The molecule has 0 aliphatic carbocycles. The van der Waals surface area contributed by atoms with Crippen molar-refractivity contribution < 1.29 is 0 Å². The second-order valence-corrected chi connectivity index (χ2v) is 21.0. The molecule has 0 saturated carbocycles. The van der Waals surface area contributed by atoms with Crippen LogP contribution >= 0.6 is 0 Å². The highest BCUT2D eigenvalue weighted by Crippen LogP contribution is 2.36. The minimum Gasteiger partial charge on any atom is -0.228 e. The third-order valence-electron chi connectivity index (χ3n) is 12.3. The van der Waals surface area contributed by atoms with Crippen molar-refractivity contribution >= 4 is 18.4 Å². The molecule has 0 unspecified atom stereocenters. The van der Waals surface area contributed by atoms with Gasteiger partial charge in [0.15, 0.2) is 11.6 Å². The fourth-order valence-electron chi connectivity index (χ4n) is 9.07. The van der Waals surface area contributed by atoms with Gasteiger partial charge in [-0.25, -0.2) is 19.9 Å². The van der Waals surface area contributed by atoms with Crippen molar-refractivity contribution in [3.63, 3.8) is 0 Å². The summed E-state index contributed by atoms with van der Waals surface area (Å²) in [7, 11) is -2.04. The maximum atomic E-state index is 5.38. The van der Waals surface area contributed by atoms with Gasteiger partial charge in [-0.1, -0.05) is 201 Å². The van der Waals surface area contributed by atoms with Gasteiger partial charge in [0.2, 0.25) is 0 Å². The number of aromatic nitrogens is 4. The number of rotatable bonds is 8. The van der Waals surface area contributed by atoms with E-state index in [1.54, 1.807) is 0 Å².